The van der Waals surface area contributed by atoms with E-state index in [2.05, 4.69) is 117 Å². The highest BCUT2D eigenvalue weighted by Gasteiger charge is 2.36. The Hall–Kier alpha value is -3.61. The lowest BCUT2D eigenvalue weighted by Crippen LogP contribution is -2.14. The van der Waals surface area contributed by atoms with Crippen LogP contribution in [0, 0.1) is 0 Å². The Labute approximate surface area is 206 Å². The van der Waals surface area contributed by atoms with Crippen molar-refractivity contribution >= 4 is 11.6 Å². The van der Waals surface area contributed by atoms with E-state index in [4.69, 9.17) is 11.6 Å². The molecule has 1 aliphatic rings. The molecule has 0 heterocycles. The lowest BCUT2D eigenvalue weighted by atomic mass is 9.82. The SMILES string of the molecule is CC1(C)c2ccccc2-c2c(-c3cc(-c4ccc(-c5ccccc5)cc4)ccc3Cl)cccc21. The molecule has 0 N–H and O–H groups in total. The number of halogens is 1. The molecule has 0 saturated heterocycles. The largest absolute Gasteiger partial charge is 0.0837 e. The molecule has 5 aromatic rings. The summed E-state index contributed by atoms with van der Waals surface area (Å²) in [5.41, 5.74) is 12.4. The Kier molecular flexibility index (Phi) is 4.94. The van der Waals surface area contributed by atoms with E-state index in [-0.39, 0.29) is 5.41 Å². The minimum absolute atomic E-state index is 0.0285. The fourth-order valence-corrected chi connectivity index (χ4v) is 5.60. The summed E-state index contributed by atoms with van der Waals surface area (Å²) in [5.74, 6) is 0. The maximum atomic E-state index is 6.82. The highest BCUT2D eigenvalue weighted by Crippen LogP contribution is 2.52. The number of fused-ring (bicyclic) bond motifs is 3. The molecule has 0 amide bonds. The van der Waals surface area contributed by atoms with E-state index >= 15 is 0 Å². The molecular weight excluding hydrogens is 432 g/mol. The first kappa shape index (κ1) is 21.0. The van der Waals surface area contributed by atoms with Crippen molar-refractivity contribution in [1.82, 2.24) is 0 Å². The summed E-state index contributed by atoms with van der Waals surface area (Å²) in [7, 11) is 0. The van der Waals surface area contributed by atoms with Crippen LogP contribution in [0.3, 0.4) is 0 Å². The highest BCUT2D eigenvalue weighted by atomic mass is 35.5. The van der Waals surface area contributed by atoms with E-state index < -0.39 is 0 Å². The zero-order valence-corrected chi connectivity index (χ0v) is 20.1. The van der Waals surface area contributed by atoms with E-state index in [1.54, 1.807) is 0 Å². The van der Waals surface area contributed by atoms with Crippen LogP contribution in [-0.4, -0.2) is 0 Å². The van der Waals surface area contributed by atoms with Gasteiger partial charge in [0.25, 0.3) is 0 Å². The molecule has 5 aromatic carbocycles. The summed E-state index contributed by atoms with van der Waals surface area (Å²) in [6, 6.07) is 41.1. The molecule has 0 saturated carbocycles. The highest BCUT2D eigenvalue weighted by molar-refractivity contribution is 6.33. The number of rotatable bonds is 3. The van der Waals surface area contributed by atoms with Gasteiger partial charge in [-0.3, -0.25) is 0 Å². The second-order valence-electron chi connectivity index (χ2n) is 9.54. The van der Waals surface area contributed by atoms with Crippen molar-refractivity contribution in [2.24, 2.45) is 0 Å². The third-order valence-electron chi connectivity index (χ3n) is 7.19. The topological polar surface area (TPSA) is 0 Å². The van der Waals surface area contributed by atoms with Crippen LogP contribution in [0.5, 0.6) is 0 Å². The fourth-order valence-electron chi connectivity index (χ4n) is 5.38. The molecule has 1 heteroatoms. The molecule has 0 nitrogen and oxygen atoms in total. The lowest BCUT2D eigenvalue weighted by Gasteiger charge is -2.21. The molecule has 0 radical (unpaired) electrons. The molecule has 34 heavy (non-hydrogen) atoms. The molecule has 0 unspecified atom stereocenters. The summed E-state index contributed by atoms with van der Waals surface area (Å²) in [5, 5.41) is 0.778. The van der Waals surface area contributed by atoms with Gasteiger partial charge >= 0.3 is 0 Å². The first-order valence-corrected chi connectivity index (χ1v) is 12.1. The maximum absolute atomic E-state index is 6.82. The Balaban J connectivity index is 1.47. The van der Waals surface area contributed by atoms with Gasteiger partial charge in [0, 0.05) is 16.0 Å². The van der Waals surface area contributed by atoms with Crippen LogP contribution in [0.4, 0.5) is 0 Å². The first-order chi connectivity index (χ1) is 16.5. The van der Waals surface area contributed by atoms with Crippen molar-refractivity contribution in [1.29, 1.82) is 0 Å². The molecule has 164 valence electrons. The fraction of sp³-hybridized carbons (Fsp3) is 0.0909. The predicted molar refractivity (Wildman–Crippen MR) is 145 cm³/mol. The molecule has 0 aliphatic heterocycles. The van der Waals surface area contributed by atoms with Gasteiger partial charge in [0.05, 0.1) is 0 Å². The molecule has 0 bridgehead atoms. The zero-order valence-electron chi connectivity index (χ0n) is 19.3. The van der Waals surface area contributed by atoms with Crippen LogP contribution in [0.15, 0.2) is 115 Å². The van der Waals surface area contributed by atoms with Crippen LogP contribution in [0.2, 0.25) is 5.02 Å². The van der Waals surface area contributed by atoms with Gasteiger partial charge in [0.1, 0.15) is 0 Å². The number of benzene rings is 5. The third-order valence-corrected chi connectivity index (χ3v) is 7.52. The summed E-state index contributed by atoms with van der Waals surface area (Å²) in [6.45, 7) is 4.63. The average molecular weight is 457 g/mol. The minimum Gasteiger partial charge on any atom is -0.0837 e. The van der Waals surface area contributed by atoms with Gasteiger partial charge in [0.2, 0.25) is 0 Å². The van der Waals surface area contributed by atoms with Crippen LogP contribution >= 0.6 is 11.6 Å². The van der Waals surface area contributed by atoms with E-state index in [9.17, 15) is 0 Å². The second kappa shape index (κ2) is 8.01. The Bertz CT molecular complexity index is 1510. The Morgan fingerprint density at radius 2 is 1.03 bits per heavy atom. The number of hydrogen-bond acceptors (Lipinski definition) is 0. The average Bonchev–Trinajstić information content (AvgIpc) is 3.12. The standard InChI is InChI=1S/C33H25Cl/c1-33(2)29-13-7-6-11-27(29)32-26(12-8-14-30(32)33)28-21-25(19-20-31(28)34)24-17-15-23(16-18-24)22-9-4-3-5-10-22/h3-21H,1-2H3. The smallest absolute Gasteiger partial charge is 0.0485 e. The van der Waals surface area contributed by atoms with Gasteiger partial charge in [-0.15, -0.1) is 0 Å². The van der Waals surface area contributed by atoms with E-state index in [1.165, 1.54) is 50.1 Å². The van der Waals surface area contributed by atoms with Crippen molar-refractivity contribution in [2.45, 2.75) is 19.3 Å². The van der Waals surface area contributed by atoms with Crippen molar-refractivity contribution in [3.8, 4) is 44.5 Å². The molecule has 6 rings (SSSR count). The summed E-state index contributed by atoms with van der Waals surface area (Å²) in [6.07, 6.45) is 0. The molecule has 0 spiro atoms. The second-order valence-corrected chi connectivity index (χ2v) is 9.94. The van der Waals surface area contributed by atoms with Gasteiger partial charge in [0.15, 0.2) is 0 Å². The van der Waals surface area contributed by atoms with Gasteiger partial charge in [-0.2, -0.15) is 0 Å². The van der Waals surface area contributed by atoms with Crippen LogP contribution in [0.1, 0.15) is 25.0 Å². The van der Waals surface area contributed by atoms with Gasteiger partial charge in [-0.05, 0) is 62.2 Å². The van der Waals surface area contributed by atoms with Gasteiger partial charge in [-0.1, -0.05) is 129 Å². The van der Waals surface area contributed by atoms with E-state index in [0.717, 1.165) is 10.6 Å². The maximum Gasteiger partial charge on any atom is 0.0485 e. The van der Waals surface area contributed by atoms with Gasteiger partial charge < -0.3 is 0 Å². The molecule has 0 atom stereocenters. The molecular formula is C33H25Cl. The van der Waals surface area contributed by atoms with Gasteiger partial charge in [-0.25, -0.2) is 0 Å². The third kappa shape index (κ3) is 3.30. The molecule has 1 aliphatic carbocycles. The van der Waals surface area contributed by atoms with Crippen molar-refractivity contribution < 1.29 is 0 Å². The van der Waals surface area contributed by atoms with Crippen molar-refractivity contribution in [3.63, 3.8) is 0 Å². The van der Waals surface area contributed by atoms with Crippen LogP contribution in [-0.2, 0) is 5.41 Å². The predicted octanol–water partition coefficient (Wildman–Crippen LogP) is 9.65. The minimum atomic E-state index is -0.0285. The zero-order chi connectivity index (χ0) is 23.3. The van der Waals surface area contributed by atoms with Crippen molar-refractivity contribution in [3.05, 3.63) is 131 Å². The monoisotopic (exact) mass is 456 g/mol. The molecule has 0 fully saturated rings. The first-order valence-electron chi connectivity index (χ1n) is 11.7. The van der Waals surface area contributed by atoms with Crippen LogP contribution < -0.4 is 0 Å². The summed E-state index contributed by atoms with van der Waals surface area (Å²) >= 11 is 6.82. The van der Waals surface area contributed by atoms with E-state index in [1.807, 2.05) is 12.1 Å². The lowest BCUT2D eigenvalue weighted by molar-refractivity contribution is 0.660. The summed E-state index contributed by atoms with van der Waals surface area (Å²) in [4.78, 5) is 0. The molecule has 0 aromatic heterocycles. The quantitative estimate of drug-likeness (QED) is 0.253. The Morgan fingerprint density at radius 3 is 1.79 bits per heavy atom. The van der Waals surface area contributed by atoms with Crippen LogP contribution in [0.25, 0.3) is 44.5 Å². The summed E-state index contributed by atoms with van der Waals surface area (Å²) < 4.78 is 0. The van der Waals surface area contributed by atoms with E-state index in [0.29, 0.717) is 0 Å². The Morgan fingerprint density at radius 1 is 0.471 bits per heavy atom. The number of hydrogen-bond donors (Lipinski definition) is 0. The normalized spacial score (nSPS) is 13.4. The van der Waals surface area contributed by atoms with Crippen molar-refractivity contribution in [2.75, 3.05) is 0 Å².